The molecule has 1 aromatic rings. The average molecular weight is 145 g/mol. The molecule has 0 fully saturated rings. The monoisotopic (exact) mass is 145 g/mol. The van der Waals surface area contributed by atoms with Gasteiger partial charge in [-0.3, -0.25) is 0 Å². The molecule has 0 aromatic heterocycles. The normalized spacial score (nSPS) is 10.0. The minimum atomic E-state index is -1.45. The zero-order chi connectivity index (χ0) is 7.72. The molecule has 0 N–H and O–H groups in total. The summed E-state index contributed by atoms with van der Waals surface area (Å²) in [6, 6.07) is 1.66. The largest absolute Gasteiger partial charge is 0.204 e. The molecule has 10 heavy (non-hydrogen) atoms. The smallest absolute Gasteiger partial charge is 0.194 e. The van der Waals surface area contributed by atoms with Crippen LogP contribution in [-0.4, -0.2) is 0 Å². The van der Waals surface area contributed by atoms with E-state index in [1.165, 1.54) is 0 Å². The minimum absolute atomic E-state index is 0.122. The van der Waals surface area contributed by atoms with Crippen LogP contribution in [0.15, 0.2) is 12.1 Å². The quantitative estimate of drug-likeness (QED) is 0.491. The van der Waals surface area contributed by atoms with Gasteiger partial charge < -0.3 is 0 Å². The van der Waals surface area contributed by atoms with E-state index in [2.05, 4.69) is 6.92 Å². The van der Waals surface area contributed by atoms with Crippen LogP contribution in [0.25, 0.3) is 0 Å². The SMILES string of the molecule is [CH2]c1cc(F)c(F)c(F)c1. The van der Waals surface area contributed by atoms with E-state index < -0.39 is 17.5 Å². The summed E-state index contributed by atoms with van der Waals surface area (Å²) in [5.41, 5.74) is 0.122. The van der Waals surface area contributed by atoms with Crippen LogP contribution in [0.2, 0.25) is 0 Å². The fourth-order valence-corrected chi connectivity index (χ4v) is 0.608. The van der Waals surface area contributed by atoms with Crippen LogP contribution in [0.1, 0.15) is 5.56 Å². The molecule has 0 aliphatic carbocycles. The van der Waals surface area contributed by atoms with Gasteiger partial charge in [-0.25, -0.2) is 13.2 Å². The predicted octanol–water partition coefficient (Wildman–Crippen LogP) is 2.29. The summed E-state index contributed by atoms with van der Waals surface area (Å²) in [6.45, 7) is 3.24. The molecule has 0 atom stereocenters. The minimum Gasteiger partial charge on any atom is -0.204 e. The van der Waals surface area contributed by atoms with Gasteiger partial charge in [0.25, 0.3) is 0 Å². The highest BCUT2D eigenvalue weighted by molar-refractivity contribution is 5.21. The molecule has 0 saturated heterocycles. The molecule has 1 aromatic carbocycles. The van der Waals surface area contributed by atoms with Gasteiger partial charge >= 0.3 is 0 Å². The standard InChI is InChI=1S/C7H4F3/c1-4-2-5(8)7(10)6(9)3-4/h2-3H,1H2. The van der Waals surface area contributed by atoms with Crippen molar-refractivity contribution in [3.63, 3.8) is 0 Å². The van der Waals surface area contributed by atoms with E-state index in [1.54, 1.807) is 0 Å². The van der Waals surface area contributed by atoms with Crippen molar-refractivity contribution in [3.05, 3.63) is 42.1 Å². The first-order valence-electron chi connectivity index (χ1n) is 2.58. The summed E-state index contributed by atoms with van der Waals surface area (Å²) >= 11 is 0. The van der Waals surface area contributed by atoms with Gasteiger partial charge in [-0.15, -0.1) is 0 Å². The highest BCUT2D eigenvalue weighted by Crippen LogP contribution is 2.11. The zero-order valence-corrected chi connectivity index (χ0v) is 5.00. The van der Waals surface area contributed by atoms with E-state index in [0.717, 1.165) is 12.1 Å². The molecular weight excluding hydrogens is 141 g/mol. The van der Waals surface area contributed by atoms with Crippen molar-refractivity contribution in [2.45, 2.75) is 0 Å². The van der Waals surface area contributed by atoms with Crippen molar-refractivity contribution in [3.8, 4) is 0 Å². The Morgan fingerprint density at radius 1 is 1.00 bits per heavy atom. The van der Waals surface area contributed by atoms with Crippen LogP contribution in [-0.2, 0) is 0 Å². The fourth-order valence-electron chi connectivity index (χ4n) is 0.608. The summed E-state index contributed by atoms with van der Waals surface area (Å²) in [5, 5.41) is 0. The molecule has 1 radical (unpaired) electrons. The highest BCUT2D eigenvalue weighted by Gasteiger charge is 2.07. The Hall–Kier alpha value is -0.990. The summed E-state index contributed by atoms with van der Waals surface area (Å²) in [4.78, 5) is 0. The Kier molecular flexibility index (Phi) is 1.66. The van der Waals surface area contributed by atoms with Gasteiger partial charge in [0, 0.05) is 0 Å². The third kappa shape index (κ3) is 1.12. The van der Waals surface area contributed by atoms with E-state index in [-0.39, 0.29) is 5.56 Å². The van der Waals surface area contributed by atoms with Gasteiger partial charge in [0.15, 0.2) is 17.5 Å². The molecule has 0 bridgehead atoms. The maximum atomic E-state index is 12.2. The first kappa shape index (κ1) is 7.12. The molecular formula is C7H4F3. The second-order valence-corrected chi connectivity index (χ2v) is 1.87. The highest BCUT2D eigenvalue weighted by atomic mass is 19.2. The predicted molar refractivity (Wildman–Crippen MR) is 30.8 cm³/mol. The van der Waals surface area contributed by atoms with Crippen molar-refractivity contribution in [1.29, 1.82) is 0 Å². The molecule has 0 spiro atoms. The number of hydrogen-bond acceptors (Lipinski definition) is 0. The first-order chi connectivity index (χ1) is 4.61. The molecule has 0 aliphatic rings. The van der Waals surface area contributed by atoms with Gasteiger partial charge in [0.2, 0.25) is 0 Å². The van der Waals surface area contributed by atoms with Crippen molar-refractivity contribution in [2.24, 2.45) is 0 Å². The molecule has 3 heteroatoms. The Balaban J connectivity index is 3.31. The summed E-state index contributed by atoms with van der Waals surface area (Å²) in [5.74, 6) is -3.86. The number of benzene rings is 1. The molecule has 0 aliphatic heterocycles. The Bertz CT molecular complexity index is 232. The first-order valence-corrected chi connectivity index (χ1v) is 2.58. The zero-order valence-electron chi connectivity index (χ0n) is 5.00. The molecule has 53 valence electrons. The average Bonchev–Trinajstić information content (AvgIpc) is 1.82. The van der Waals surface area contributed by atoms with E-state index in [1.807, 2.05) is 0 Å². The van der Waals surface area contributed by atoms with Crippen LogP contribution in [0.5, 0.6) is 0 Å². The van der Waals surface area contributed by atoms with Crippen molar-refractivity contribution in [2.75, 3.05) is 0 Å². The van der Waals surface area contributed by atoms with Crippen molar-refractivity contribution in [1.82, 2.24) is 0 Å². The second kappa shape index (κ2) is 2.33. The Labute approximate surface area is 56.3 Å². The Morgan fingerprint density at radius 3 is 1.80 bits per heavy atom. The van der Waals surface area contributed by atoms with Gasteiger partial charge in [-0.05, 0) is 24.6 Å². The molecule has 0 unspecified atom stereocenters. The molecule has 0 saturated carbocycles. The van der Waals surface area contributed by atoms with E-state index in [4.69, 9.17) is 0 Å². The van der Waals surface area contributed by atoms with Crippen molar-refractivity contribution < 1.29 is 13.2 Å². The van der Waals surface area contributed by atoms with E-state index in [9.17, 15) is 13.2 Å². The van der Waals surface area contributed by atoms with E-state index in [0.29, 0.717) is 0 Å². The maximum absolute atomic E-state index is 12.2. The second-order valence-electron chi connectivity index (χ2n) is 1.87. The number of hydrogen-bond donors (Lipinski definition) is 0. The molecule has 0 amide bonds. The lowest BCUT2D eigenvalue weighted by Crippen LogP contribution is -1.90. The molecule has 0 nitrogen and oxygen atoms in total. The Morgan fingerprint density at radius 2 is 1.40 bits per heavy atom. The molecule has 1 rings (SSSR count). The third-order valence-corrected chi connectivity index (χ3v) is 1.04. The topological polar surface area (TPSA) is 0 Å². The van der Waals surface area contributed by atoms with Crippen LogP contribution in [0.4, 0.5) is 13.2 Å². The summed E-state index contributed by atoms with van der Waals surface area (Å²) < 4.78 is 36.5. The van der Waals surface area contributed by atoms with Gasteiger partial charge in [0.05, 0.1) is 0 Å². The third-order valence-electron chi connectivity index (χ3n) is 1.04. The van der Waals surface area contributed by atoms with E-state index >= 15 is 0 Å². The lowest BCUT2D eigenvalue weighted by atomic mass is 10.2. The van der Waals surface area contributed by atoms with Crippen LogP contribution < -0.4 is 0 Å². The van der Waals surface area contributed by atoms with Crippen LogP contribution in [0, 0.1) is 24.4 Å². The van der Waals surface area contributed by atoms with Crippen LogP contribution in [0.3, 0.4) is 0 Å². The van der Waals surface area contributed by atoms with Gasteiger partial charge in [0.1, 0.15) is 0 Å². The summed E-state index contributed by atoms with van der Waals surface area (Å²) in [6.07, 6.45) is 0. The lowest BCUT2D eigenvalue weighted by Gasteiger charge is -1.95. The maximum Gasteiger partial charge on any atom is 0.194 e. The fraction of sp³-hybridized carbons (Fsp3) is 0. The molecule has 0 heterocycles. The van der Waals surface area contributed by atoms with Gasteiger partial charge in [-0.1, -0.05) is 0 Å². The lowest BCUT2D eigenvalue weighted by molar-refractivity contribution is 0.446. The number of rotatable bonds is 0. The van der Waals surface area contributed by atoms with Gasteiger partial charge in [-0.2, -0.15) is 0 Å². The summed E-state index contributed by atoms with van der Waals surface area (Å²) in [7, 11) is 0. The number of halogens is 3. The van der Waals surface area contributed by atoms with Crippen molar-refractivity contribution >= 4 is 0 Å². The van der Waals surface area contributed by atoms with Crippen LogP contribution >= 0.6 is 0 Å².